The Morgan fingerprint density at radius 3 is 2.44 bits per heavy atom. The van der Waals surface area contributed by atoms with Gasteiger partial charge in [-0.1, -0.05) is 24.6 Å². The number of rotatable bonds is 7. The molecule has 2 aliphatic rings. The fourth-order valence-electron chi connectivity index (χ4n) is 6.27. The summed E-state index contributed by atoms with van der Waals surface area (Å²) in [6, 6.07) is 6.53. The highest BCUT2D eigenvalue weighted by Gasteiger charge is 2.50. The van der Waals surface area contributed by atoms with Crippen LogP contribution in [0, 0.1) is 17.0 Å². The van der Waals surface area contributed by atoms with Gasteiger partial charge in [0.1, 0.15) is 23.5 Å². The lowest BCUT2D eigenvalue weighted by atomic mass is 9.71. The number of nitrogens with zero attached hydrogens (tertiary/aromatic N) is 3. The lowest BCUT2D eigenvalue weighted by Crippen LogP contribution is -2.46. The molecule has 2 fully saturated rings. The maximum atomic E-state index is 14.5. The molecule has 3 heterocycles. The largest absolute Gasteiger partial charge is 0.480 e. The zero-order valence-electron chi connectivity index (χ0n) is 23.0. The van der Waals surface area contributed by atoms with E-state index in [1.54, 1.807) is 0 Å². The number of carboxylic acid groups (broad SMARTS) is 1. The predicted molar refractivity (Wildman–Crippen MR) is 150 cm³/mol. The third-order valence-corrected chi connectivity index (χ3v) is 8.49. The molecule has 2 aliphatic heterocycles. The number of nitrogen functional groups attached to an aromatic ring is 1. The van der Waals surface area contributed by atoms with Gasteiger partial charge in [-0.15, -0.1) is 0 Å². The van der Waals surface area contributed by atoms with Crippen LogP contribution in [0.1, 0.15) is 44.3 Å². The molecular formula is C29H29ClF5N5O3. The number of hydrogen-bond donors (Lipinski definition) is 3. The Labute approximate surface area is 249 Å². The van der Waals surface area contributed by atoms with Crippen molar-refractivity contribution in [3.63, 3.8) is 0 Å². The zero-order valence-corrected chi connectivity index (χ0v) is 23.7. The topological polar surface area (TPSA) is 114 Å². The van der Waals surface area contributed by atoms with Crippen molar-refractivity contribution in [3.8, 4) is 17.0 Å². The summed E-state index contributed by atoms with van der Waals surface area (Å²) in [6.45, 7) is 2.93. The first-order chi connectivity index (χ1) is 20.3. The normalized spacial score (nSPS) is 20.8. The fraction of sp³-hybridized carbons (Fsp3) is 0.414. The fourth-order valence-corrected chi connectivity index (χ4v) is 6.44. The van der Waals surface area contributed by atoms with Crippen LogP contribution in [0.25, 0.3) is 11.1 Å². The van der Waals surface area contributed by atoms with Crippen LogP contribution in [0.2, 0.25) is 5.02 Å². The summed E-state index contributed by atoms with van der Waals surface area (Å²) >= 11 is 6.05. The molecule has 2 unspecified atom stereocenters. The van der Waals surface area contributed by atoms with Crippen LogP contribution < -0.4 is 20.7 Å². The van der Waals surface area contributed by atoms with Gasteiger partial charge in [-0.05, 0) is 66.5 Å². The van der Waals surface area contributed by atoms with E-state index >= 15 is 0 Å². The Morgan fingerprint density at radius 2 is 1.84 bits per heavy atom. The summed E-state index contributed by atoms with van der Waals surface area (Å²) in [6.07, 6.45) is -5.04. The summed E-state index contributed by atoms with van der Waals surface area (Å²) in [7, 11) is 0. The third-order valence-electron chi connectivity index (χ3n) is 8.26. The zero-order chi connectivity index (χ0) is 31.1. The molecule has 1 spiro atoms. The molecule has 1 aromatic heterocycles. The molecule has 3 aromatic rings. The third kappa shape index (κ3) is 6.47. The first-order valence-corrected chi connectivity index (χ1v) is 14.0. The summed E-state index contributed by atoms with van der Waals surface area (Å²) in [4.78, 5) is 21.6. The summed E-state index contributed by atoms with van der Waals surface area (Å²) in [5.41, 5.74) is 4.89. The molecule has 0 aliphatic carbocycles. The number of carbonyl (C=O) groups is 1. The Balaban J connectivity index is 1.43. The highest BCUT2D eigenvalue weighted by atomic mass is 35.5. The first kappa shape index (κ1) is 30.7. The second-order valence-corrected chi connectivity index (χ2v) is 11.4. The smallest absolute Gasteiger partial charge is 0.429 e. The van der Waals surface area contributed by atoms with Crippen LogP contribution in [-0.4, -0.2) is 52.4 Å². The summed E-state index contributed by atoms with van der Waals surface area (Å²) in [5, 5.41) is 12.8. The van der Waals surface area contributed by atoms with Gasteiger partial charge < -0.3 is 25.8 Å². The van der Waals surface area contributed by atoms with Gasteiger partial charge in [0.25, 0.3) is 0 Å². The lowest BCUT2D eigenvalue weighted by Gasteiger charge is -2.43. The van der Waals surface area contributed by atoms with Crippen LogP contribution in [-0.2, 0) is 4.79 Å². The van der Waals surface area contributed by atoms with Crippen molar-refractivity contribution >= 4 is 29.3 Å². The second-order valence-electron chi connectivity index (χ2n) is 10.9. The van der Waals surface area contributed by atoms with Gasteiger partial charge in [-0.25, -0.2) is 8.78 Å². The van der Waals surface area contributed by atoms with Crippen LogP contribution in [0.5, 0.6) is 5.88 Å². The lowest BCUT2D eigenvalue weighted by molar-refractivity contribution is -0.198. The van der Waals surface area contributed by atoms with E-state index in [4.69, 9.17) is 22.1 Å². The monoisotopic (exact) mass is 625 g/mol. The summed E-state index contributed by atoms with van der Waals surface area (Å²) in [5.74, 6) is -3.34. The van der Waals surface area contributed by atoms with Crippen LogP contribution in [0.3, 0.4) is 0 Å². The Hall–Kier alpha value is -3.71. The number of halogens is 6. The van der Waals surface area contributed by atoms with Crippen LogP contribution >= 0.6 is 11.6 Å². The predicted octanol–water partition coefficient (Wildman–Crippen LogP) is 6.15. The molecule has 230 valence electrons. The molecule has 3 atom stereocenters. The van der Waals surface area contributed by atoms with E-state index in [0.29, 0.717) is 38.4 Å². The van der Waals surface area contributed by atoms with Gasteiger partial charge in [0, 0.05) is 41.9 Å². The van der Waals surface area contributed by atoms with Gasteiger partial charge in [0.05, 0.1) is 0 Å². The highest BCUT2D eigenvalue weighted by Crippen LogP contribution is 2.46. The van der Waals surface area contributed by atoms with E-state index < -0.39 is 47.4 Å². The van der Waals surface area contributed by atoms with Crippen molar-refractivity contribution in [2.24, 2.45) is 5.41 Å². The number of benzene rings is 2. The van der Waals surface area contributed by atoms with Gasteiger partial charge in [0.2, 0.25) is 17.9 Å². The number of anilines is 2. The van der Waals surface area contributed by atoms with Crippen molar-refractivity contribution < 1.29 is 36.6 Å². The van der Waals surface area contributed by atoms with Crippen molar-refractivity contribution in [1.29, 1.82) is 0 Å². The van der Waals surface area contributed by atoms with Gasteiger partial charge >= 0.3 is 12.1 Å². The number of aromatic nitrogens is 2. The number of carboxylic acids is 1. The minimum absolute atomic E-state index is 0.0257. The molecule has 8 nitrogen and oxygen atoms in total. The average molecular weight is 626 g/mol. The summed E-state index contributed by atoms with van der Waals surface area (Å²) < 4.78 is 76.9. The number of nitrogens with two attached hydrogens (primary N) is 1. The molecule has 14 heteroatoms. The Morgan fingerprint density at radius 1 is 1.16 bits per heavy atom. The molecular weight excluding hydrogens is 597 g/mol. The standard InChI is InChI=1S/C29H29ClF5N5O3/c1-2-22-28(14-21(37-22)26(41)42)5-7-40(8-6-28)23-13-24(39-27(36)38-23)43-25(29(33,34)35)19-4-3-16(30)11-20(19)15-9-17(31)12-18(32)10-15/h3-4,9-13,21-22,25,37H,2,5-8,14H2,1H3,(H,41,42)(H2,36,38,39)/t21?,22?,25-/m1/s1. The molecule has 2 saturated heterocycles. The molecule has 0 amide bonds. The minimum Gasteiger partial charge on any atom is -0.480 e. The Kier molecular flexibility index (Phi) is 8.41. The first-order valence-electron chi connectivity index (χ1n) is 13.7. The SMILES string of the molecule is CCC1NC(C(=O)O)CC12CCN(c1cc(O[C@H](c3ccc(Cl)cc3-c3cc(F)cc(F)c3)C(F)(F)F)nc(N)n1)CC2. The molecule has 0 saturated carbocycles. The maximum absolute atomic E-state index is 14.5. The number of ether oxygens (including phenoxy) is 1. The average Bonchev–Trinajstić information content (AvgIpc) is 3.29. The van der Waals surface area contributed by atoms with Crippen LogP contribution in [0.4, 0.5) is 33.7 Å². The minimum atomic E-state index is -4.98. The number of alkyl halides is 3. The van der Waals surface area contributed by atoms with Gasteiger partial charge in [-0.3, -0.25) is 4.79 Å². The molecule has 2 aromatic carbocycles. The molecule has 43 heavy (non-hydrogen) atoms. The van der Waals surface area contributed by atoms with E-state index in [2.05, 4.69) is 15.3 Å². The molecule has 4 N–H and O–H groups in total. The van der Waals surface area contributed by atoms with Crippen molar-refractivity contribution in [1.82, 2.24) is 15.3 Å². The number of nitrogens with one attached hydrogen (secondary N) is 1. The van der Waals surface area contributed by atoms with E-state index in [-0.39, 0.29) is 39.4 Å². The quantitative estimate of drug-likeness (QED) is 0.268. The van der Waals surface area contributed by atoms with Gasteiger partial charge in [0.15, 0.2) is 0 Å². The van der Waals surface area contributed by atoms with Crippen molar-refractivity contribution in [2.45, 2.75) is 57.0 Å². The number of hydrogen-bond acceptors (Lipinski definition) is 7. The molecule has 0 bridgehead atoms. The van der Waals surface area contributed by atoms with E-state index in [1.807, 2.05) is 11.8 Å². The maximum Gasteiger partial charge on any atom is 0.429 e. The second kappa shape index (κ2) is 11.8. The Bertz CT molecular complexity index is 1500. The molecule has 0 radical (unpaired) electrons. The molecule has 5 rings (SSSR count). The highest BCUT2D eigenvalue weighted by molar-refractivity contribution is 6.30. The van der Waals surface area contributed by atoms with E-state index in [0.717, 1.165) is 24.6 Å². The van der Waals surface area contributed by atoms with Crippen LogP contribution in [0.15, 0.2) is 42.5 Å². The van der Waals surface area contributed by atoms with E-state index in [1.165, 1.54) is 18.2 Å². The number of aliphatic carboxylic acids is 1. The van der Waals surface area contributed by atoms with E-state index in [9.17, 15) is 31.9 Å². The van der Waals surface area contributed by atoms with Crippen molar-refractivity contribution in [2.75, 3.05) is 23.7 Å². The number of piperidine rings is 1. The van der Waals surface area contributed by atoms with Crippen molar-refractivity contribution in [3.05, 3.63) is 64.7 Å². The van der Waals surface area contributed by atoms with Gasteiger partial charge in [-0.2, -0.15) is 23.1 Å².